The summed E-state index contributed by atoms with van der Waals surface area (Å²) in [7, 11) is 0. The van der Waals surface area contributed by atoms with Crippen LogP contribution in [0.3, 0.4) is 0 Å². The van der Waals surface area contributed by atoms with Crippen LogP contribution in [0.5, 0.6) is 5.75 Å². The summed E-state index contributed by atoms with van der Waals surface area (Å²) in [6.07, 6.45) is 0. The number of hydrogen-bond acceptors (Lipinski definition) is 4. The molecular weight excluding hydrogens is 387 g/mol. The van der Waals surface area contributed by atoms with Crippen molar-refractivity contribution in [2.45, 2.75) is 6.61 Å². The number of nitrogens with zero attached hydrogens (tertiary/aromatic N) is 2. The Balaban J connectivity index is 1.98. The number of ether oxygens (including phenoxy) is 1. The van der Waals surface area contributed by atoms with Gasteiger partial charge in [-0.15, -0.1) is 0 Å². The van der Waals surface area contributed by atoms with Crippen molar-refractivity contribution < 1.29 is 9.53 Å². The molecule has 6 nitrogen and oxygen atoms in total. The molecule has 0 spiro atoms. The molecule has 0 bridgehead atoms. The number of aromatic amines is 1. The van der Waals surface area contributed by atoms with Gasteiger partial charge in [-0.25, -0.2) is 0 Å². The lowest BCUT2D eigenvalue weighted by atomic mass is 10.1. The summed E-state index contributed by atoms with van der Waals surface area (Å²) in [4.78, 5) is 11.5. The van der Waals surface area contributed by atoms with Gasteiger partial charge in [0.1, 0.15) is 18.1 Å². The number of aromatic nitrogens is 3. The molecule has 1 aromatic heterocycles. The van der Waals surface area contributed by atoms with Crippen LogP contribution in [0.1, 0.15) is 16.1 Å². The van der Waals surface area contributed by atoms with Crippen molar-refractivity contribution in [3.05, 3.63) is 62.7 Å². The quantitative estimate of drug-likeness (QED) is 0.677. The smallest absolute Gasteiger partial charge is 0.271 e. The third-order valence-corrected chi connectivity index (χ3v) is 4.36. The molecule has 3 aromatic rings. The summed E-state index contributed by atoms with van der Waals surface area (Å²) in [5, 5.41) is 11.5. The molecule has 0 atom stereocenters. The Morgan fingerprint density at radius 3 is 2.52 bits per heavy atom. The molecule has 3 N–H and O–H groups in total. The average Bonchev–Trinajstić information content (AvgIpc) is 3.05. The normalized spacial score (nSPS) is 10.7. The minimum Gasteiger partial charge on any atom is -0.488 e. The molecule has 0 radical (unpaired) electrons. The topological polar surface area (TPSA) is 93.9 Å². The summed E-state index contributed by atoms with van der Waals surface area (Å²) in [6.45, 7) is 0.122. The van der Waals surface area contributed by atoms with Crippen LogP contribution in [0.2, 0.25) is 15.1 Å². The summed E-state index contributed by atoms with van der Waals surface area (Å²) in [5.74, 6) is -0.291. The number of halogens is 3. The Morgan fingerprint density at radius 2 is 1.84 bits per heavy atom. The highest BCUT2D eigenvalue weighted by Crippen LogP contribution is 2.34. The van der Waals surface area contributed by atoms with Gasteiger partial charge in [0.05, 0.1) is 0 Å². The summed E-state index contributed by atoms with van der Waals surface area (Å²) >= 11 is 18.4. The highest BCUT2D eigenvalue weighted by atomic mass is 35.5. The number of H-pyrrole nitrogens is 1. The molecule has 0 unspecified atom stereocenters. The van der Waals surface area contributed by atoms with E-state index in [1.807, 2.05) is 0 Å². The van der Waals surface area contributed by atoms with E-state index >= 15 is 0 Å². The summed E-state index contributed by atoms with van der Waals surface area (Å²) < 4.78 is 5.84. The third kappa shape index (κ3) is 3.71. The molecule has 25 heavy (non-hydrogen) atoms. The molecule has 2 aromatic carbocycles. The third-order valence-electron chi connectivity index (χ3n) is 3.41. The maximum Gasteiger partial charge on any atom is 0.271 e. The zero-order valence-electron chi connectivity index (χ0n) is 12.6. The largest absolute Gasteiger partial charge is 0.488 e. The highest BCUT2D eigenvalue weighted by molar-refractivity contribution is 6.36. The van der Waals surface area contributed by atoms with Crippen LogP contribution >= 0.6 is 34.8 Å². The van der Waals surface area contributed by atoms with Gasteiger partial charge in [-0.05, 0) is 30.3 Å². The van der Waals surface area contributed by atoms with Crippen molar-refractivity contribution in [3.8, 4) is 17.0 Å². The van der Waals surface area contributed by atoms with Gasteiger partial charge >= 0.3 is 0 Å². The molecule has 0 fully saturated rings. The number of carbonyl (C=O) groups is 1. The van der Waals surface area contributed by atoms with E-state index in [-0.39, 0.29) is 18.0 Å². The zero-order valence-corrected chi connectivity index (χ0v) is 14.9. The summed E-state index contributed by atoms with van der Waals surface area (Å²) in [6, 6.07) is 10.1. The molecule has 0 saturated carbocycles. The zero-order chi connectivity index (χ0) is 18.0. The number of hydrogen-bond donors (Lipinski definition) is 2. The fourth-order valence-corrected chi connectivity index (χ4v) is 2.90. The lowest BCUT2D eigenvalue weighted by Crippen LogP contribution is -2.13. The Kier molecular flexibility index (Phi) is 5.13. The Hall–Kier alpha value is -2.28. The minimum atomic E-state index is -0.719. The molecule has 128 valence electrons. The van der Waals surface area contributed by atoms with Gasteiger partial charge in [0.25, 0.3) is 5.91 Å². The molecular formula is C16H11Cl3N4O2. The second-order valence-corrected chi connectivity index (χ2v) is 6.27. The number of nitrogens with one attached hydrogen (secondary N) is 1. The number of amides is 1. The van der Waals surface area contributed by atoms with Crippen LogP contribution in [0, 0.1) is 0 Å². The van der Waals surface area contributed by atoms with Crippen molar-refractivity contribution in [2.24, 2.45) is 5.73 Å². The molecule has 0 aliphatic rings. The number of carbonyl (C=O) groups excluding carboxylic acids is 1. The maximum absolute atomic E-state index is 11.5. The van der Waals surface area contributed by atoms with E-state index in [2.05, 4.69) is 15.4 Å². The van der Waals surface area contributed by atoms with Crippen molar-refractivity contribution in [1.82, 2.24) is 15.4 Å². The van der Waals surface area contributed by atoms with Gasteiger partial charge in [-0.2, -0.15) is 15.4 Å². The predicted molar refractivity (Wildman–Crippen MR) is 96.1 cm³/mol. The van der Waals surface area contributed by atoms with E-state index < -0.39 is 5.91 Å². The standard InChI is InChI=1S/C16H11Cl3N4O2/c17-8-4-5-13(25-7-10-11(18)2-1-3-12(10)19)9(6-8)14-15(16(20)24)22-23-21-14/h1-6H,7H2,(H2,20,24)(H,21,22,23). The van der Waals surface area contributed by atoms with Gasteiger partial charge in [0.2, 0.25) is 0 Å². The van der Waals surface area contributed by atoms with Crippen LogP contribution in [-0.4, -0.2) is 21.3 Å². The van der Waals surface area contributed by atoms with Crippen LogP contribution in [0.4, 0.5) is 0 Å². The van der Waals surface area contributed by atoms with E-state index in [9.17, 15) is 4.79 Å². The molecule has 1 heterocycles. The predicted octanol–water partition coefficient (Wildman–Crippen LogP) is 4.11. The Morgan fingerprint density at radius 1 is 1.12 bits per heavy atom. The number of rotatable bonds is 5. The van der Waals surface area contributed by atoms with Gasteiger partial charge in [-0.3, -0.25) is 4.79 Å². The lowest BCUT2D eigenvalue weighted by molar-refractivity contribution is 0.0996. The van der Waals surface area contributed by atoms with E-state index in [1.54, 1.807) is 36.4 Å². The first kappa shape index (κ1) is 17.5. The number of primary amides is 1. The van der Waals surface area contributed by atoms with Crippen molar-refractivity contribution in [1.29, 1.82) is 0 Å². The SMILES string of the molecule is NC(=O)c1n[nH]nc1-c1cc(Cl)ccc1OCc1c(Cl)cccc1Cl. The molecule has 1 amide bonds. The molecule has 3 rings (SSSR count). The Bertz CT molecular complexity index is 923. The molecule has 0 aliphatic carbocycles. The second-order valence-electron chi connectivity index (χ2n) is 5.01. The second kappa shape index (κ2) is 7.31. The first-order valence-corrected chi connectivity index (χ1v) is 8.17. The molecule has 9 heteroatoms. The van der Waals surface area contributed by atoms with Gasteiger partial charge in [0, 0.05) is 26.2 Å². The van der Waals surface area contributed by atoms with Crippen molar-refractivity contribution in [3.63, 3.8) is 0 Å². The van der Waals surface area contributed by atoms with Crippen LogP contribution in [0.15, 0.2) is 36.4 Å². The van der Waals surface area contributed by atoms with Crippen molar-refractivity contribution in [2.75, 3.05) is 0 Å². The van der Waals surface area contributed by atoms with E-state index in [0.29, 0.717) is 31.9 Å². The first-order valence-electron chi connectivity index (χ1n) is 7.03. The van der Waals surface area contributed by atoms with Gasteiger partial charge in [-0.1, -0.05) is 40.9 Å². The molecule has 0 saturated heterocycles. The van der Waals surface area contributed by atoms with Crippen molar-refractivity contribution >= 4 is 40.7 Å². The number of benzene rings is 2. The van der Waals surface area contributed by atoms with Crippen LogP contribution in [-0.2, 0) is 6.61 Å². The summed E-state index contributed by atoms with van der Waals surface area (Å²) in [5.41, 5.74) is 6.66. The van der Waals surface area contributed by atoms with E-state index in [4.69, 9.17) is 45.3 Å². The fraction of sp³-hybridized carbons (Fsp3) is 0.0625. The minimum absolute atomic E-state index is 0.0112. The van der Waals surface area contributed by atoms with E-state index in [1.165, 1.54) is 0 Å². The average molecular weight is 398 g/mol. The van der Waals surface area contributed by atoms with Gasteiger partial charge < -0.3 is 10.5 Å². The lowest BCUT2D eigenvalue weighted by Gasteiger charge is -2.13. The van der Waals surface area contributed by atoms with Gasteiger partial charge in [0.15, 0.2) is 5.69 Å². The van der Waals surface area contributed by atoms with E-state index in [0.717, 1.165) is 0 Å². The maximum atomic E-state index is 11.5. The fourth-order valence-electron chi connectivity index (χ4n) is 2.22. The van der Waals surface area contributed by atoms with Crippen LogP contribution < -0.4 is 10.5 Å². The molecule has 0 aliphatic heterocycles. The Labute approximate surface area is 157 Å². The number of nitrogens with two attached hydrogens (primary N) is 1. The van der Waals surface area contributed by atoms with Crippen LogP contribution in [0.25, 0.3) is 11.3 Å². The highest BCUT2D eigenvalue weighted by Gasteiger charge is 2.19. The first-order chi connectivity index (χ1) is 12.0. The monoisotopic (exact) mass is 396 g/mol.